The number of imidazole rings is 1. The van der Waals surface area contributed by atoms with Crippen LogP contribution in [0, 0.1) is 0 Å². The maximum Gasteiger partial charge on any atom is 0.0951 e. The molecule has 1 rings (SSSR count). The van der Waals surface area contributed by atoms with Gasteiger partial charge in [0.1, 0.15) is 0 Å². The molecule has 0 spiro atoms. The summed E-state index contributed by atoms with van der Waals surface area (Å²) in [5.41, 5.74) is 0.982. The molecule has 0 bridgehead atoms. The summed E-state index contributed by atoms with van der Waals surface area (Å²) in [6.07, 6.45) is 8.26. The first kappa shape index (κ1) is 11.2. The third-order valence-corrected chi connectivity index (χ3v) is 2.51. The van der Waals surface area contributed by atoms with Crippen molar-refractivity contribution in [2.75, 3.05) is 6.61 Å². The lowest BCUT2D eigenvalue weighted by molar-refractivity contribution is 0.298. The molecule has 1 unspecified atom stereocenters. The van der Waals surface area contributed by atoms with Gasteiger partial charge in [-0.1, -0.05) is 19.8 Å². The summed E-state index contributed by atoms with van der Waals surface area (Å²) in [5.74, 6) is 0. The average molecular weight is 196 g/mol. The van der Waals surface area contributed by atoms with Gasteiger partial charge in [-0.05, 0) is 13.3 Å². The number of aliphatic hydroxyl groups excluding tert-OH is 1. The van der Waals surface area contributed by atoms with Crippen molar-refractivity contribution in [3.8, 4) is 0 Å². The molecule has 0 aliphatic rings. The predicted molar refractivity (Wildman–Crippen MR) is 57.3 cm³/mol. The molecule has 0 aliphatic heterocycles. The fraction of sp³-hybridized carbons (Fsp3) is 0.727. The van der Waals surface area contributed by atoms with Gasteiger partial charge in [-0.15, -0.1) is 0 Å². The molecule has 1 aromatic heterocycles. The van der Waals surface area contributed by atoms with E-state index in [-0.39, 0.29) is 6.61 Å². The Morgan fingerprint density at radius 3 is 3.00 bits per heavy atom. The summed E-state index contributed by atoms with van der Waals surface area (Å²) in [6, 6.07) is 0.523. The number of hydrogen-bond donors (Lipinski definition) is 1. The van der Waals surface area contributed by atoms with Gasteiger partial charge in [-0.25, -0.2) is 4.98 Å². The first-order valence-corrected chi connectivity index (χ1v) is 5.41. The van der Waals surface area contributed by atoms with Gasteiger partial charge < -0.3 is 9.67 Å². The topological polar surface area (TPSA) is 38.0 Å². The standard InChI is InChI=1S/C11H20N2O/c1-3-4-5-10(2)13-8-11(6-7-14)12-9-13/h8-10,14H,3-7H2,1-2H3. The molecule has 3 heteroatoms. The van der Waals surface area contributed by atoms with Crippen molar-refractivity contribution in [2.24, 2.45) is 0 Å². The fourth-order valence-electron chi connectivity index (χ4n) is 1.51. The Kier molecular flexibility index (Phi) is 4.66. The molecule has 0 aliphatic carbocycles. The van der Waals surface area contributed by atoms with Crippen molar-refractivity contribution < 1.29 is 5.11 Å². The highest BCUT2D eigenvalue weighted by atomic mass is 16.3. The zero-order chi connectivity index (χ0) is 10.4. The Morgan fingerprint density at radius 1 is 1.57 bits per heavy atom. The fourth-order valence-corrected chi connectivity index (χ4v) is 1.51. The highest BCUT2D eigenvalue weighted by Gasteiger charge is 2.04. The minimum Gasteiger partial charge on any atom is -0.396 e. The number of hydrogen-bond acceptors (Lipinski definition) is 2. The van der Waals surface area contributed by atoms with Crippen LogP contribution in [0.4, 0.5) is 0 Å². The zero-order valence-corrected chi connectivity index (χ0v) is 9.11. The SMILES string of the molecule is CCCCC(C)n1cnc(CCO)c1. The van der Waals surface area contributed by atoms with Crippen LogP contribution in [0.5, 0.6) is 0 Å². The molecule has 1 atom stereocenters. The Balaban J connectivity index is 2.48. The summed E-state index contributed by atoms with van der Waals surface area (Å²) in [5, 5.41) is 8.76. The summed E-state index contributed by atoms with van der Waals surface area (Å²) in [6.45, 7) is 4.60. The van der Waals surface area contributed by atoms with Crippen LogP contribution in [-0.4, -0.2) is 21.3 Å². The van der Waals surface area contributed by atoms with Crippen molar-refractivity contribution >= 4 is 0 Å². The first-order valence-electron chi connectivity index (χ1n) is 5.41. The van der Waals surface area contributed by atoms with Crippen molar-refractivity contribution in [3.05, 3.63) is 18.2 Å². The highest BCUT2D eigenvalue weighted by Crippen LogP contribution is 2.14. The summed E-state index contributed by atoms with van der Waals surface area (Å²) in [4.78, 5) is 4.24. The average Bonchev–Trinajstić information content (AvgIpc) is 2.63. The van der Waals surface area contributed by atoms with E-state index in [2.05, 4.69) is 23.4 Å². The number of rotatable bonds is 6. The lowest BCUT2D eigenvalue weighted by Gasteiger charge is -2.11. The van der Waals surface area contributed by atoms with Gasteiger partial charge in [0.2, 0.25) is 0 Å². The molecule has 0 radical (unpaired) electrons. The van der Waals surface area contributed by atoms with E-state index < -0.39 is 0 Å². The molecule has 0 amide bonds. The molecule has 0 fully saturated rings. The van der Waals surface area contributed by atoms with Crippen LogP contribution < -0.4 is 0 Å². The smallest absolute Gasteiger partial charge is 0.0951 e. The van der Waals surface area contributed by atoms with Crippen LogP contribution in [0.1, 0.15) is 44.8 Å². The second-order valence-corrected chi connectivity index (χ2v) is 3.78. The normalized spacial score (nSPS) is 13.1. The minimum atomic E-state index is 0.181. The van der Waals surface area contributed by atoms with Crippen molar-refractivity contribution in [3.63, 3.8) is 0 Å². The van der Waals surface area contributed by atoms with Crippen LogP contribution in [0.3, 0.4) is 0 Å². The third-order valence-electron chi connectivity index (χ3n) is 2.51. The molecule has 80 valence electrons. The molecule has 1 N–H and O–H groups in total. The Labute approximate surface area is 85.8 Å². The molecule has 1 aromatic rings. The van der Waals surface area contributed by atoms with Gasteiger partial charge in [0.05, 0.1) is 12.0 Å². The quantitative estimate of drug-likeness (QED) is 0.757. The molecule has 0 aromatic carbocycles. The van der Waals surface area contributed by atoms with E-state index in [1.807, 2.05) is 12.5 Å². The lowest BCUT2D eigenvalue weighted by atomic mass is 10.1. The van der Waals surface area contributed by atoms with Crippen LogP contribution in [0.2, 0.25) is 0 Å². The van der Waals surface area contributed by atoms with E-state index in [4.69, 9.17) is 5.11 Å². The summed E-state index contributed by atoms with van der Waals surface area (Å²) in [7, 11) is 0. The number of unbranched alkanes of at least 4 members (excludes halogenated alkanes) is 1. The van der Waals surface area contributed by atoms with Crippen LogP contribution >= 0.6 is 0 Å². The van der Waals surface area contributed by atoms with Crippen LogP contribution in [0.25, 0.3) is 0 Å². The molecule has 1 heterocycles. The molecule has 0 saturated carbocycles. The van der Waals surface area contributed by atoms with E-state index in [1.54, 1.807) is 0 Å². The maximum absolute atomic E-state index is 8.76. The Hall–Kier alpha value is -0.830. The monoisotopic (exact) mass is 196 g/mol. The van der Waals surface area contributed by atoms with Crippen molar-refractivity contribution in [2.45, 2.75) is 45.6 Å². The van der Waals surface area contributed by atoms with Crippen LogP contribution in [0.15, 0.2) is 12.5 Å². The van der Waals surface area contributed by atoms with Gasteiger partial charge in [-0.3, -0.25) is 0 Å². The van der Waals surface area contributed by atoms with Gasteiger partial charge in [0.25, 0.3) is 0 Å². The largest absolute Gasteiger partial charge is 0.396 e. The number of nitrogens with zero attached hydrogens (tertiary/aromatic N) is 2. The third kappa shape index (κ3) is 3.14. The lowest BCUT2D eigenvalue weighted by Crippen LogP contribution is -2.02. The number of aliphatic hydroxyl groups is 1. The maximum atomic E-state index is 8.76. The van der Waals surface area contributed by atoms with E-state index in [0.29, 0.717) is 12.5 Å². The zero-order valence-electron chi connectivity index (χ0n) is 9.11. The van der Waals surface area contributed by atoms with Gasteiger partial charge in [0.15, 0.2) is 0 Å². The van der Waals surface area contributed by atoms with E-state index in [0.717, 1.165) is 5.69 Å². The van der Waals surface area contributed by atoms with Gasteiger partial charge >= 0.3 is 0 Å². The molecule has 3 nitrogen and oxygen atoms in total. The summed E-state index contributed by atoms with van der Waals surface area (Å²) < 4.78 is 2.14. The Bertz CT molecular complexity index is 258. The number of aromatic nitrogens is 2. The molecular formula is C11H20N2O. The highest BCUT2D eigenvalue weighted by molar-refractivity contribution is 4.97. The van der Waals surface area contributed by atoms with E-state index in [9.17, 15) is 0 Å². The van der Waals surface area contributed by atoms with Crippen LogP contribution in [-0.2, 0) is 6.42 Å². The summed E-state index contributed by atoms with van der Waals surface area (Å²) >= 11 is 0. The van der Waals surface area contributed by atoms with Gasteiger partial charge in [-0.2, -0.15) is 0 Å². The molecule has 14 heavy (non-hydrogen) atoms. The van der Waals surface area contributed by atoms with Crippen molar-refractivity contribution in [1.29, 1.82) is 0 Å². The first-order chi connectivity index (χ1) is 6.77. The van der Waals surface area contributed by atoms with E-state index in [1.165, 1.54) is 19.3 Å². The predicted octanol–water partition coefficient (Wildman–Crippen LogP) is 2.17. The Morgan fingerprint density at radius 2 is 2.36 bits per heavy atom. The van der Waals surface area contributed by atoms with E-state index >= 15 is 0 Å². The molecule has 0 saturated heterocycles. The second-order valence-electron chi connectivity index (χ2n) is 3.78. The minimum absolute atomic E-state index is 0.181. The van der Waals surface area contributed by atoms with Gasteiger partial charge in [0, 0.05) is 25.3 Å². The molecular weight excluding hydrogens is 176 g/mol. The second kappa shape index (κ2) is 5.81. The van der Waals surface area contributed by atoms with Crippen molar-refractivity contribution in [1.82, 2.24) is 9.55 Å².